The Morgan fingerprint density at radius 2 is 1.76 bits per heavy atom. The van der Waals surface area contributed by atoms with Crippen LogP contribution in [0.5, 0.6) is 0 Å². The Morgan fingerprint density at radius 1 is 0.952 bits per heavy atom. The summed E-state index contributed by atoms with van der Waals surface area (Å²) in [6.45, 7) is 0. The quantitative estimate of drug-likeness (QED) is 0.609. The Balaban J connectivity index is 1.85. The van der Waals surface area contributed by atoms with Crippen molar-refractivity contribution in [3.63, 3.8) is 0 Å². The van der Waals surface area contributed by atoms with Crippen molar-refractivity contribution in [3.8, 4) is 22.5 Å². The molecule has 0 unspecified atom stereocenters. The zero-order valence-electron chi connectivity index (χ0n) is 11.0. The summed E-state index contributed by atoms with van der Waals surface area (Å²) in [5.41, 5.74) is 4.46. The van der Waals surface area contributed by atoms with Gasteiger partial charge in [0.2, 0.25) is 0 Å². The topological polar surface area (TPSA) is 46.0 Å². The SMILES string of the molecule is Fc1ccc(-c2nc[nH]c2-c2ccc3nccn3c2)cc1. The van der Waals surface area contributed by atoms with Crippen LogP contribution in [0.3, 0.4) is 0 Å². The van der Waals surface area contributed by atoms with Gasteiger partial charge in [0, 0.05) is 29.7 Å². The average Bonchev–Trinajstić information content (AvgIpc) is 3.16. The first kappa shape index (κ1) is 11.8. The molecule has 0 bridgehead atoms. The van der Waals surface area contributed by atoms with Crippen molar-refractivity contribution in [3.05, 3.63) is 67.1 Å². The van der Waals surface area contributed by atoms with E-state index >= 15 is 0 Å². The fraction of sp³-hybridized carbons (Fsp3) is 0. The molecule has 0 amide bonds. The van der Waals surface area contributed by atoms with Crippen LogP contribution < -0.4 is 0 Å². The lowest BCUT2D eigenvalue weighted by Gasteiger charge is -2.04. The molecule has 5 heteroatoms. The summed E-state index contributed by atoms with van der Waals surface area (Å²) in [6.07, 6.45) is 7.29. The molecule has 21 heavy (non-hydrogen) atoms. The van der Waals surface area contributed by atoms with Gasteiger partial charge in [0.1, 0.15) is 11.5 Å². The number of hydrogen-bond acceptors (Lipinski definition) is 2. The summed E-state index contributed by atoms with van der Waals surface area (Å²) in [4.78, 5) is 11.7. The van der Waals surface area contributed by atoms with E-state index in [4.69, 9.17) is 0 Å². The molecule has 0 atom stereocenters. The van der Waals surface area contributed by atoms with Crippen molar-refractivity contribution < 1.29 is 4.39 Å². The normalized spacial score (nSPS) is 11.1. The molecule has 0 saturated heterocycles. The first-order chi connectivity index (χ1) is 10.3. The van der Waals surface area contributed by atoms with E-state index in [0.717, 1.165) is 28.2 Å². The van der Waals surface area contributed by atoms with Gasteiger partial charge >= 0.3 is 0 Å². The van der Waals surface area contributed by atoms with E-state index in [9.17, 15) is 4.39 Å². The summed E-state index contributed by atoms with van der Waals surface area (Å²) in [7, 11) is 0. The van der Waals surface area contributed by atoms with Crippen molar-refractivity contribution in [2.24, 2.45) is 0 Å². The van der Waals surface area contributed by atoms with Crippen LogP contribution in [0, 0.1) is 5.82 Å². The number of imidazole rings is 2. The Morgan fingerprint density at radius 3 is 2.62 bits per heavy atom. The lowest BCUT2D eigenvalue weighted by atomic mass is 10.1. The molecule has 4 rings (SSSR count). The maximum atomic E-state index is 13.1. The van der Waals surface area contributed by atoms with Gasteiger partial charge in [0.15, 0.2) is 0 Å². The van der Waals surface area contributed by atoms with Crippen LogP contribution in [-0.2, 0) is 0 Å². The molecule has 0 aliphatic carbocycles. The molecule has 1 N–H and O–H groups in total. The number of fused-ring (bicyclic) bond motifs is 1. The van der Waals surface area contributed by atoms with E-state index in [1.807, 2.05) is 28.9 Å². The van der Waals surface area contributed by atoms with Crippen molar-refractivity contribution in [2.75, 3.05) is 0 Å². The number of nitrogens with one attached hydrogen (secondary N) is 1. The van der Waals surface area contributed by atoms with Crippen LogP contribution in [0.15, 0.2) is 61.3 Å². The van der Waals surface area contributed by atoms with Crippen molar-refractivity contribution >= 4 is 5.65 Å². The van der Waals surface area contributed by atoms with E-state index in [-0.39, 0.29) is 5.82 Å². The molecular weight excluding hydrogens is 267 g/mol. The van der Waals surface area contributed by atoms with Crippen LogP contribution in [-0.4, -0.2) is 19.4 Å². The first-order valence-electron chi connectivity index (χ1n) is 6.54. The largest absolute Gasteiger partial charge is 0.344 e. The van der Waals surface area contributed by atoms with E-state index in [1.54, 1.807) is 24.7 Å². The van der Waals surface area contributed by atoms with Gasteiger partial charge < -0.3 is 9.38 Å². The number of nitrogens with zero attached hydrogens (tertiary/aromatic N) is 3. The van der Waals surface area contributed by atoms with Gasteiger partial charge in [0.25, 0.3) is 0 Å². The van der Waals surface area contributed by atoms with E-state index in [1.165, 1.54) is 12.1 Å². The average molecular weight is 278 g/mol. The zero-order chi connectivity index (χ0) is 14.2. The lowest BCUT2D eigenvalue weighted by molar-refractivity contribution is 0.628. The molecule has 0 radical (unpaired) electrons. The molecule has 4 nitrogen and oxygen atoms in total. The van der Waals surface area contributed by atoms with Gasteiger partial charge in [0.05, 0.1) is 17.7 Å². The summed E-state index contributed by atoms with van der Waals surface area (Å²) >= 11 is 0. The van der Waals surface area contributed by atoms with Gasteiger partial charge in [-0.15, -0.1) is 0 Å². The van der Waals surface area contributed by atoms with Crippen LogP contribution in [0.1, 0.15) is 0 Å². The number of H-pyrrole nitrogens is 1. The fourth-order valence-corrected chi connectivity index (χ4v) is 2.41. The maximum absolute atomic E-state index is 13.1. The molecule has 0 saturated carbocycles. The highest BCUT2D eigenvalue weighted by Gasteiger charge is 2.11. The highest BCUT2D eigenvalue weighted by molar-refractivity contribution is 5.78. The number of benzene rings is 1. The minimum Gasteiger partial charge on any atom is -0.344 e. The Labute approximate surface area is 119 Å². The second kappa shape index (κ2) is 4.56. The van der Waals surface area contributed by atoms with Crippen molar-refractivity contribution in [1.82, 2.24) is 19.4 Å². The minimum atomic E-state index is -0.254. The lowest BCUT2D eigenvalue weighted by Crippen LogP contribution is -1.88. The number of rotatable bonds is 2. The van der Waals surface area contributed by atoms with E-state index in [2.05, 4.69) is 15.0 Å². The van der Waals surface area contributed by atoms with Gasteiger partial charge in [-0.2, -0.15) is 0 Å². The Bertz CT molecular complexity index is 905. The number of halogens is 1. The summed E-state index contributed by atoms with van der Waals surface area (Å²) in [5, 5.41) is 0. The molecular formula is C16H11FN4. The number of pyridine rings is 1. The highest BCUT2D eigenvalue weighted by atomic mass is 19.1. The monoisotopic (exact) mass is 278 g/mol. The van der Waals surface area contributed by atoms with Crippen molar-refractivity contribution in [1.29, 1.82) is 0 Å². The fourth-order valence-electron chi connectivity index (χ4n) is 2.41. The van der Waals surface area contributed by atoms with Gasteiger partial charge in [-0.25, -0.2) is 14.4 Å². The summed E-state index contributed by atoms with van der Waals surface area (Å²) in [5.74, 6) is -0.254. The predicted molar refractivity (Wildman–Crippen MR) is 78.2 cm³/mol. The number of hydrogen-bond donors (Lipinski definition) is 1. The molecule has 0 fully saturated rings. The third kappa shape index (κ3) is 1.99. The number of aromatic amines is 1. The highest BCUT2D eigenvalue weighted by Crippen LogP contribution is 2.29. The second-order valence-electron chi connectivity index (χ2n) is 4.74. The molecule has 0 aliphatic heterocycles. The first-order valence-corrected chi connectivity index (χ1v) is 6.54. The van der Waals surface area contributed by atoms with Crippen molar-refractivity contribution in [2.45, 2.75) is 0 Å². The smallest absolute Gasteiger partial charge is 0.136 e. The summed E-state index contributed by atoms with van der Waals surface area (Å²) < 4.78 is 15.0. The second-order valence-corrected chi connectivity index (χ2v) is 4.74. The predicted octanol–water partition coefficient (Wildman–Crippen LogP) is 3.53. The molecule has 1 aromatic carbocycles. The molecule has 0 spiro atoms. The molecule has 3 heterocycles. The molecule has 0 aliphatic rings. The third-order valence-corrected chi connectivity index (χ3v) is 3.43. The minimum absolute atomic E-state index is 0.254. The van der Waals surface area contributed by atoms with E-state index in [0.29, 0.717) is 0 Å². The Kier molecular flexibility index (Phi) is 2.57. The molecule has 102 valence electrons. The summed E-state index contributed by atoms with van der Waals surface area (Å²) in [6, 6.07) is 10.3. The van der Waals surface area contributed by atoms with E-state index < -0.39 is 0 Å². The molecule has 3 aromatic heterocycles. The number of aromatic nitrogens is 4. The van der Waals surface area contributed by atoms with Crippen LogP contribution in [0.25, 0.3) is 28.2 Å². The van der Waals surface area contributed by atoms with Gasteiger partial charge in [-0.3, -0.25) is 0 Å². The van der Waals surface area contributed by atoms with Gasteiger partial charge in [-0.05, 0) is 36.4 Å². The Hall–Kier alpha value is -2.95. The van der Waals surface area contributed by atoms with Crippen LogP contribution >= 0.6 is 0 Å². The third-order valence-electron chi connectivity index (χ3n) is 3.43. The van der Waals surface area contributed by atoms with Crippen LogP contribution in [0.4, 0.5) is 4.39 Å². The zero-order valence-corrected chi connectivity index (χ0v) is 11.0. The standard InChI is InChI=1S/C16H11FN4/c17-13-4-1-11(2-5-13)15-16(20-10-19-15)12-3-6-14-18-7-8-21(14)9-12/h1-10H,(H,19,20). The van der Waals surface area contributed by atoms with Gasteiger partial charge in [-0.1, -0.05) is 0 Å². The molecule has 4 aromatic rings. The van der Waals surface area contributed by atoms with Crippen LogP contribution in [0.2, 0.25) is 0 Å². The maximum Gasteiger partial charge on any atom is 0.136 e.